The van der Waals surface area contributed by atoms with E-state index >= 15 is 0 Å². The molecule has 0 saturated carbocycles. The molecular weight excluding hydrogens is 350 g/mol. The first kappa shape index (κ1) is 18.3. The number of hydrogen-bond acceptors (Lipinski definition) is 8. The van der Waals surface area contributed by atoms with Crippen molar-refractivity contribution in [1.82, 2.24) is 20.6 Å². The van der Waals surface area contributed by atoms with E-state index in [0.29, 0.717) is 45.5 Å². The Hall–Kier alpha value is -3.46. The van der Waals surface area contributed by atoms with Crippen LogP contribution in [0, 0.1) is 13.8 Å². The molecule has 3 rings (SSSR count). The van der Waals surface area contributed by atoms with E-state index in [1.807, 2.05) is 0 Å². The first-order valence-electron chi connectivity index (χ1n) is 8.04. The van der Waals surface area contributed by atoms with E-state index in [2.05, 4.69) is 20.6 Å². The van der Waals surface area contributed by atoms with Crippen molar-refractivity contribution in [3.05, 3.63) is 41.2 Å². The third-order valence-corrected chi connectivity index (χ3v) is 4.07. The molecule has 0 saturated heterocycles. The maximum absolute atomic E-state index is 11.9. The Kier molecular flexibility index (Phi) is 5.04. The topological polar surface area (TPSA) is 125 Å². The van der Waals surface area contributed by atoms with Gasteiger partial charge in [-0.3, -0.25) is 15.2 Å². The summed E-state index contributed by atoms with van der Waals surface area (Å²) in [5, 5.41) is 8.17. The van der Waals surface area contributed by atoms with Crippen molar-refractivity contribution >= 4 is 5.91 Å². The van der Waals surface area contributed by atoms with E-state index in [4.69, 9.17) is 19.7 Å². The fourth-order valence-corrected chi connectivity index (χ4v) is 2.67. The van der Waals surface area contributed by atoms with Crippen LogP contribution < -0.4 is 20.7 Å². The Morgan fingerprint density at radius 1 is 1.04 bits per heavy atom. The van der Waals surface area contributed by atoms with Crippen molar-refractivity contribution in [2.24, 2.45) is 5.84 Å². The number of nitrogen functional groups attached to an aromatic ring is 1. The van der Waals surface area contributed by atoms with Crippen molar-refractivity contribution in [2.45, 2.75) is 13.8 Å². The predicted molar refractivity (Wildman–Crippen MR) is 97.2 cm³/mol. The van der Waals surface area contributed by atoms with Crippen LogP contribution in [0.4, 0.5) is 0 Å². The molecule has 140 valence electrons. The van der Waals surface area contributed by atoms with Crippen molar-refractivity contribution < 1.29 is 18.7 Å². The first-order chi connectivity index (χ1) is 13.0. The summed E-state index contributed by atoms with van der Waals surface area (Å²) in [6, 6.07) is 6.90. The molecule has 0 aliphatic rings. The van der Waals surface area contributed by atoms with Crippen LogP contribution in [0.2, 0.25) is 0 Å². The van der Waals surface area contributed by atoms with E-state index in [1.54, 1.807) is 52.3 Å². The lowest BCUT2D eigenvalue weighted by Crippen LogP contribution is -2.30. The normalized spacial score (nSPS) is 10.6. The second kappa shape index (κ2) is 7.42. The predicted octanol–water partition coefficient (Wildman–Crippen LogP) is 2.04. The minimum absolute atomic E-state index is 0.246. The molecule has 0 fully saturated rings. The molecule has 3 aromatic rings. The maximum Gasteiger partial charge on any atom is 0.267 e. The summed E-state index contributed by atoms with van der Waals surface area (Å²) < 4.78 is 16.3. The number of nitrogens with zero attached hydrogens (tertiary/aromatic N) is 3. The molecule has 0 unspecified atom stereocenters. The fourth-order valence-electron chi connectivity index (χ4n) is 2.67. The summed E-state index contributed by atoms with van der Waals surface area (Å²) in [5.74, 6) is 6.47. The van der Waals surface area contributed by atoms with Gasteiger partial charge in [-0.15, -0.1) is 10.2 Å². The lowest BCUT2D eigenvalue weighted by Gasteiger charge is -2.08. The summed E-state index contributed by atoms with van der Waals surface area (Å²) in [6.07, 6.45) is 0. The Morgan fingerprint density at radius 2 is 1.74 bits per heavy atom. The van der Waals surface area contributed by atoms with Gasteiger partial charge in [0.05, 0.1) is 36.7 Å². The van der Waals surface area contributed by atoms with Gasteiger partial charge in [-0.25, -0.2) is 5.84 Å². The number of benzene rings is 1. The summed E-state index contributed by atoms with van der Waals surface area (Å²) in [7, 11) is 3.11. The van der Waals surface area contributed by atoms with Crippen molar-refractivity contribution in [3.63, 3.8) is 0 Å². The smallest absolute Gasteiger partial charge is 0.267 e. The van der Waals surface area contributed by atoms with Crippen LogP contribution >= 0.6 is 0 Å². The van der Waals surface area contributed by atoms with Gasteiger partial charge >= 0.3 is 0 Å². The highest BCUT2D eigenvalue weighted by Crippen LogP contribution is 2.33. The standard InChI is InChI=1S/C18H19N5O4/c1-9-12(16(24)21-19)8-13(10(2)20-9)18-23-22-17(27-18)11-5-6-14(25-3)15(7-11)26-4/h5-8H,19H2,1-4H3,(H,21,24). The molecule has 0 radical (unpaired) electrons. The van der Waals surface area contributed by atoms with E-state index < -0.39 is 5.91 Å². The van der Waals surface area contributed by atoms with E-state index in [-0.39, 0.29) is 5.89 Å². The summed E-state index contributed by atoms with van der Waals surface area (Å²) in [6.45, 7) is 3.52. The average Bonchev–Trinajstić information content (AvgIpc) is 3.16. The molecule has 0 aliphatic carbocycles. The lowest BCUT2D eigenvalue weighted by atomic mass is 10.1. The van der Waals surface area contributed by atoms with Crippen LogP contribution in [-0.2, 0) is 0 Å². The average molecular weight is 369 g/mol. The molecule has 0 spiro atoms. The molecule has 0 bridgehead atoms. The van der Waals surface area contributed by atoms with E-state index in [1.165, 1.54) is 0 Å². The van der Waals surface area contributed by atoms with Crippen LogP contribution in [0.1, 0.15) is 21.7 Å². The maximum atomic E-state index is 11.9. The van der Waals surface area contributed by atoms with Gasteiger partial charge in [0, 0.05) is 5.56 Å². The molecule has 3 N–H and O–H groups in total. The monoisotopic (exact) mass is 369 g/mol. The van der Waals surface area contributed by atoms with Crippen LogP contribution in [0.15, 0.2) is 28.7 Å². The van der Waals surface area contributed by atoms with E-state index in [0.717, 1.165) is 0 Å². The quantitative estimate of drug-likeness (QED) is 0.397. The number of methoxy groups -OCH3 is 2. The van der Waals surface area contributed by atoms with Gasteiger partial charge in [0.1, 0.15) is 0 Å². The van der Waals surface area contributed by atoms with Crippen LogP contribution in [0.3, 0.4) is 0 Å². The van der Waals surface area contributed by atoms with E-state index in [9.17, 15) is 4.79 Å². The number of nitrogens with one attached hydrogen (secondary N) is 1. The van der Waals surface area contributed by atoms with Crippen LogP contribution in [0.5, 0.6) is 11.5 Å². The van der Waals surface area contributed by atoms with Crippen LogP contribution in [-0.4, -0.2) is 35.3 Å². The number of pyridine rings is 1. The summed E-state index contributed by atoms with van der Waals surface area (Å²) >= 11 is 0. The molecule has 0 aliphatic heterocycles. The molecule has 2 aromatic heterocycles. The van der Waals surface area contributed by atoms with Gasteiger partial charge in [-0.05, 0) is 38.1 Å². The molecule has 1 amide bonds. The van der Waals surface area contributed by atoms with Gasteiger partial charge in [-0.1, -0.05) is 0 Å². The zero-order valence-electron chi connectivity index (χ0n) is 15.4. The van der Waals surface area contributed by atoms with Crippen molar-refractivity contribution in [2.75, 3.05) is 14.2 Å². The SMILES string of the molecule is COc1ccc(-c2nnc(-c3cc(C(=O)NN)c(C)nc3C)o2)cc1OC. The van der Waals surface area contributed by atoms with Gasteiger partial charge in [-0.2, -0.15) is 0 Å². The molecule has 2 heterocycles. The van der Waals surface area contributed by atoms with Crippen molar-refractivity contribution in [3.8, 4) is 34.4 Å². The zero-order chi connectivity index (χ0) is 19.6. The molecule has 9 nitrogen and oxygen atoms in total. The number of aromatic nitrogens is 3. The van der Waals surface area contributed by atoms with Gasteiger partial charge in [0.15, 0.2) is 11.5 Å². The number of amides is 1. The lowest BCUT2D eigenvalue weighted by molar-refractivity contribution is 0.0952. The fraction of sp³-hybridized carbons (Fsp3) is 0.222. The second-order valence-corrected chi connectivity index (χ2v) is 5.71. The number of ether oxygens (including phenoxy) is 2. The molecule has 27 heavy (non-hydrogen) atoms. The highest BCUT2D eigenvalue weighted by atomic mass is 16.5. The number of carbonyl (C=O) groups is 1. The number of carbonyl (C=O) groups excluding carboxylic acids is 1. The Bertz CT molecular complexity index is 999. The minimum Gasteiger partial charge on any atom is -0.493 e. The third-order valence-electron chi connectivity index (χ3n) is 4.07. The molecule has 0 atom stereocenters. The van der Waals surface area contributed by atoms with Gasteiger partial charge in [0.2, 0.25) is 11.8 Å². The Balaban J connectivity index is 2.03. The Labute approximate surface area is 155 Å². The number of hydrazine groups is 1. The molecular formula is C18H19N5O4. The Morgan fingerprint density at radius 3 is 2.41 bits per heavy atom. The summed E-state index contributed by atoms with van der Waals surface area (Å²) in [5.41, 5.74) is 4.88. The highest BCUT2D eigenvalue weighted by molar-refractivity contribution is 5.95. The number of nitrogens with two attached hydrogens (primary N) is 1. The third kappa shape index (κ3) is 3.44. The first-order valence-corrected chi connectivity index (χ1v) is 8.04. The van der Waals surface area contributed by atoms with Crippen LogP contribution in [0.25, 0.3) is 22.9 Å². The zero-order valence-corrected chi connectivity index (χ0v) is 15.4. The number of rotatable bonds is 5. The van der Waals surface area contributed by atoms with Crippen molar-refractivity contribution in [1.29, 1.82) is 0 Å². The second-order valence-electron chi connectivity index (χ2n) is 5.71. The number of aryl methyl sites for hydroxylation is 2. The molecule has 1 aromatic carbocycles. The number of hydrogen-bond donors (Lipinski definition) is 2. The summed E-state index contributed by atoms with van der Waals surface area (Å²) in [4.78, 5) is 16.3. The molecule has 9 heteroatoms. The minimum atomic E-state index is -0.444. The van der Waals surface area contributed by atoms with Gasteiger partial charge in [0.25, 0.3) is 5.91 Å². The van der Waals surface area contributed by atoms with Gasteiger partial charge < -0.3 is 13.9 Å². The highest BCUT2D eigenvalue weighted by Gasteiger charge is 2.18. The largest absolute Gasteiger partial charge is 0.493 e.